The summed E-state index contributed by atoms with van der Waals surface area (Å²) < 4.78 is 0. The number of nitrogens with one attached hydrogen (secondary N) is 1. The minimum atomic E-state index is -0.668. The molecule has 0 aliphatic heterocycles. The van der Waals surface area contributed by atoms with Crippen molar-refractivity contribution in [1.29, 1.82) is 0 Å². The molecule has 1 aromatic rings. The third kappa shape index (κ3) is 2.23. The molecule has 0 saturated carbocycles. The van der Waals surface area contributed by atoms with Gasteiger partial charge in [-0.05, 0) is 24.1 Å². The number of aryl methyl sites for hydroxylation is 1. The lowest BCUT2D eigenvalue weighted by atomic mass is 10.1. The fourth-order valence-electron chi connectivity index (χ4n) is 0.939. The first-order valence-electron chi connectivity index (χ1n) is 3.69. The summed E-state index contributed by atoms with van der Waals surface area (Å²) in [6.07, 6.45) is 2.91. The molecule has 0 saturated heterocycles. The van der Waals surface area contributed by atoms with Gasteiger partial charge in [-0.3, -0.25) is 10.5 Å². The van der Waals surface area contributed by atoms with Gasteiger partial charge in [0.05, 0.1) is 0 Å². The van der Waals surface area contributed by atoms with Crippen molar-refractivity contribution in [1.82, 2.24) is 5.73 Å². The second-order valence-corrected chi connectivity index (χ2v) is 2.55. The molecule has 1 radical (unpaired) electrons. The first-order chi connectivity index (χ1) is 5.70. The summed E-state index contributed by atoms with van der Waals surface area (Å²) in [7, 11) is 0. The Morgan fingerprint density at radius 2 is 2.08 bits per heavy atom. The van der Waals surface area contributed by atoms with Crippen LogP contribution in [0.5, 0.6) is 0 Å². The molecule has 0 unspecified atom stereocenters. The Morgan fingerprint density at radius 1 is 1.42 bits per heavy atom. The van der Waals surface area contributed by atoms with Crippen molar-refractivity contribution >= 4 is 12.0 Å². The van der Waals surface area contributed by atoms with Crippen molar-refractivity contribution in [2.45, 2.75) is 6.92 Å². The van der Waals surface area contributed by atoms with E-state index in [9.17, 15) is 4.79 Å². The van der Waals surface area contributed by atoms with Gasteiger partial charge in [0, 0.05) is 6.08 Å². The van der Waals surface area contributed by atoms with Gasteiger partial charge in [0.2, 0.25) is 0 Å². The van der Waals surface area contributed by atoms with E-state index in [4.69, 9.17) is 5.73 Å². The van der Waals surface area contributed by atoms with Crippen LogP contribution < -0.4 is 5.73 Å². The summed E-state index contributed by atoms with van der Waals surface area (Å²) in [6, 6.07) is 7.72. The minimum absolute atomic E-state index is 0.668. The molecule has 0 aliphatic carbocycles. The SMILES string of the molecule is Cc1ccccc1/C=C/C([NH])=O. The molecule has 2 heteroatoms. The van der Waals surface area contributed by atoms with Crippen LogP contribution in [0.3, 0.4) is 0 Å². The largest absolute Gasteiger partial charge is 0.268 e. The van der Waals surface area contributed by atoms with Crippen molar-refractivity contribution in [3.8, 4) is 0 Å². The maximum Gasteiger partial charge on any atom is 0.262 e. The summed E-state index contributed by atoms with van der Waals surface area (Å²) in [5.74, 6) is -0.668. The summed E-state index contributed by atoms with van der Waals surface area (Å²) in [6.45, 7) is 1.97. The molecule has 2 nitrogen and oxygen atoms in total. The molecule has 0 bridgehead atoms. The Hall–Kier alpha value is -1.57. The van der Waals surface area contributed by atoms with Crippen LogP contribution in [0.25, 0.3) is 6.08 Å². The van der Waals surface area contributed by atoms with Crippen molar-refractivity contribution in [2.24, 2.45) is 0 Å². The Morgan fingerprint density at radius 3 is 2.67 bits per heavy atom. The number of carbonyl (C=O) groups excluding carboxylic acids is 1. The molecule has 12 heavy (non-hydrogen) atoms. The van der Waals surface area contributed by atoms with Gasteiger partial charge in [-0.25, -0.2) is 0 Å². The normalized spacial score (nSPS) is 10.4. The second-order valence-electron chi connectivity index (χ2n) is 2.55. The molecule has 1 rings (SSSR count). The van der Waals surface area contributed by atoms with E-state index >= 15 is 0 Å². The second kappa shape index (κ2) is 3.72. The summed E-state index contributed by atoms with van der Waals surface area (Å²) in [5, 5.41) is 0. The number of rotatable bonds is 2. The van der Waals surface area contributed by atoms with Crippen LogP contribution in [0, 0.1) is 6.92 Å². The molecule has 0 heterocycles. The first kappa shape index (κ1) is 8.53. The average molecular weight is 160 g/mol. The van der Waals surface area contributed by atoms with Crippen molar-refractivity contribution < 1.29 is 4.79 Å². The van der Waals surface area contributed by atoms with Gasteiger partial charge in [-0.2, -0.15) is 0 Å². The zero-order chi connectivity index (χ0) is 8.97. The van der Waals surface area contributed by atoms with Gasteiger partial charge in [-0.15, -0.1) is 0 Å². The predicted molar refractivity (Wildman–Crippen MR) is 48.3 cm³/mol. The van der Waals surface area contributed by atoms with Gasteiger partial charge >= 0.3 is 0 Å². The number of hydrogen-bond acceptors (Lipinski definition) is 1. The highest BCUT2D eigenvalue weighted by Crippen LogP contribution is 2.08. The molecule has 1 N–H and O–H groups in total. The zero-order valence-corrected chi connectivity index (χ0v) is 6.87. The van der Waals surface area contributed by atoms with Gasteiger partial charge < -0.3 is 0 Å². The maximum atomic E-state index is 10.3. The molecule has 61 valence electrons. The van der Waals surface area contributed by atoms with Gasteiger partial charge in [0.25, 0.3) is 5.91 Å². The summed E-state index contributed by atoms with van der Waals surface area (Å²) >= 11 is 0. The quantitative estimate of drug-likeness (QED) is 0.608. The number of carbonyl (C=O) groups is 1. The molecule has 0 aromatic heterocycles. The van der Waals surface area contributed by atoms with E-state index in [1.165, 1.54) is 6.08 Å². The standard InChI is InChI=1S/C10H10NO/c1-8-4-2-3-5-9(8)6-7-10(11)12/h2-7,11H,1H3/b7-6+. The number of hydrogen-bond donors (Lipinski definition) is 0. The van der Waals surface area contributed by atoms with Crippen LogP contribution in [0.1, 0.15) is 11.1 Å². The Kier molecular flexibility index (Phi) is 2.64. The van der Waals surface area contributed by atoms with Crippen molar-refractivity contribution in [3.05, 3.63) is 41.5 Å². The third-order valence-corrected chi connectivity index (χ3v) is 1.60. The number of amides is 1. The topological polar surface area (TPSA) is 40.9 Å². The van der Waals surface area contributed by atoms with Crippen LogP contribution in [-0.4, -0.2) is 5.91 Å². The predicted octanol–water partition coefficient (Wildman–Crippen LogP) is 1.82. The Labute approximate surface area is 71.7 Å². The van der Waals surface area contributed by atoms with E-state index in [2.05, 4.69) is 0 Å². The van der Waals surface area contributed by atoms with E-state index in [1.54, 1.807) is 6.08 Å². The van der Waals surface area contributed by atoms with E-state index in [0.717, 1.165) is 11.1 Å². The van der Waals surface area contributed by atoms with E-state index < -0.39 is 5.91 Å². The molecule has 0 fully saturated rings. The van der Waals surface area contributed by atoms with E-state index in [-0.39, 0.29) is 0 Å². The first-order valence-corrected chi connectivity index (χ1v) is 3.69. The third-order valence-electron chi connectivity index (χ3n) is 1.60. The molecule has 0 spiro atoms. The Balaban J connectivity index is 2.89. The molecular weight excluding hydrogens is 150 g/mol. The van der Waals surface area contributed by atoms with Crippen LogP contribution in [-0.2, 0) is 4.79 Å². The summed E-state index contributed by atoms with van der Waals surface area (Å²) in [5.41, 5.74) is 8.76. The minimum Gasteiger partial charge on any atom is -0.268 e. The van der Waals surface area contributed by atoms with Crippen molar-refractivity contribution in [2.75, 3.05) is 0 Å². The summed E-state index contributed by atoms with van der Waals surface area (Å²) in [4.78, 5) is 10.3. The molecular formula is C10H10NO. The van der Waals surface area contributed by atoms with Gasteiger partial charge in [0.1, 0.15) is 0 Å². The fraction of sp³-hybridized carbons (Fsp3) is 0.100. The van der Waals surface area contributed by atoms with Crippen molar-refractivity contribution in [3.63, 3.8) is 0 Å². The lowest BCUT2D eigenvalue weighted by Crippen LogP contribution is -1.89. The fourth-order valence-corrected chi connectivity index (χ4v) is 0.939. The lowest BCUT2D eigenvalue weighted by molar-refractivity contribution is -0.114. The van der Waals surface area contributed by atoms with Crippen LogP contribution in [0.15, 0.2) is 30.3 Å². The van der Waals surface area contributed by atoms with Crippen LogP contribution in [0.2, 0.25) is 0 Å². The molecule has 1 aromatic carbocycles. The van der Waals surface area contributed by atoms with Crippen LogP contribution in [0.4, 0.5) is 0 Å². The van der Waals surface area contributed by atoms with Gasteiger partial charge in [0.15, 0.2) is 0 Å². The van der Waals surface area contributed by atoms with E-state index in [0.29, 0.717) is 0 Å². The maximum absolute atomic E-state index is 10.3. The number of benzene rings is 1. The van der Waals surface area contributed by atoms with Crippen LogP contribution >= 0.6 is 0 Å². The van der Waals surface area contributed by atoms with E-state index in [1.807, 2.05) is 31.2 Å². The molecule has 1 amide bonds. The zero-order valence-electron chi connectivity index (χ0n) is 6.87. The molecule has 0 aliphatic rings. The monoisotopic (exact) mass is 160 g/mol. The van der Waals surface area contributed by atoms with Gasteiger partial charge in [-0.1, -0.05) is 24.3 Å². The smallest absolute Gasteiger partial charge is 0.262 e. The average Bonchev–Trinajstić information content (AvgIpc) is 2.03. The molecule has 0 atom stereocenters. The lowest BCUT2D eigenvalue weighted by Gasteiger charge is -1.96. The highest BCUT2D eigenvalue weighted by molar-refractivity contribution is 5.89. The highest BCUT2D eigenvalue weighted by Gasteiger charge is 1.91. The Bertz CT molecular complexity index is 315. The highest BCUT2D eigenvalue weighted by atomic mass is 16.1.